The molecule has 1 unspecified atom stereocenters. The summed E-state index contributed by atoms with van der Waals surface area (Å²) in [6.07, 6.45) is -1.91. The first-order chi connectivity index (χ1) is 9.87. The Bertz CT molecular complexity index is 566. The Morgan fingerprint density at radius 2 is 1.59 bits per heavy atom. The molecule has 0 saturated carbocycles. The summed E-state index contributed by atoms with van der Waals surface area (Å²) in [5, 5.41) is 0. The second-order valence-electron chi connectivity index (χ2n) is 6.26. The summed E-state index contributed by atoms with van der Waals surface area (Å²) in [6.45, 7) is 9.57. The van der Waals surface area contributed by atoms with Crippen LogP contribution in [0.4, 0.5) is 8.78 Å². The monoisotopic (exact) mass is 458 g/mol. The molecule has 0 aliphatic rings. The second kappa shape index (κ2) is 6.77. The lowest BCUT2D eigenvalue weighted by atomic mass is 9.81. The van der Waals surface area contributed by atoms with Crippen LogP contribution in [0.25, 0.3) is 0 Å². The first-order valence-electron chi connectivity index (χ1n) is 6.84. The van der Waals surface area contributed by atoms with E-state index in [4.69, 9.17) is 9.16 Å². The molecule has 126 valence electrons. The van der Waals surface area contributed by atoms with Gasteiger partial charge in [0.1, 0.15) is 11.5 Å². The van der Waals surface area contributed by atoms with Gasteiger partial charge in [-0.05, 0) is 62.2 Å². The highest BCUT2D eigenvalue weighted by atomic mass is 79.9. The lowest BCUT2D eigenvalue weighted by molar-refractivity contribution is 0.220. The van der Waals surface area contributed by atoms with Crippen LogP contribution in [-0.4, -0.2) is 21.1 Å². The van der Waals surface area contributed by atoms with E-state index in [1.165, 1.54) is 0 Å². The predicted octanol–water partition coefficient (Wildman–Crippen LogP) is 4.69. The average molecular weight is 460 g/mol. The maximum atomic E-state index is 14.8. The van der Waals surface area contributed by atoms with Gasteiger partial charge in [-0.25, -0.2) is 8.78 Å². The first kappa shape index (κ1) is 19.9. The third-order valence-corrected chi connectivity index (χ3v) is 4.92. The second-order valence-corrected chi connectivity index (χ2v) is 10.0. The van der Waals surface area contributed by atoms with Crippen LogP contribution in [0, 0.1) is 13.8 Å². The number of hydrogen-bond acceptors (Lipinski definition) is 2. The van der Waals surface area contributed by atoms with Gasteiger partial charge in [0.2, 0.25) is 10.5 Å². The fourth-order valence-electron chi connectivity index (χ4n) is 2.59. The van der Waals surface area contributed by atoms with Gasteiger partial charge in [0.05, 0.1) is 7.11 Å². The van der Waals surface area contributed by atoms with Crippen LogP contribution in [-0.2, 0) is 5.41 Å². The minimum absolute atomic E-state index is 0.217. The van der Waals surface area contributed by atoms with E-state index in [0.29, 0.717) is 27.5 Å². The zero-order chi connectivity index (χ0) is 17.5. The lowest BCUT2D eigenvalue weighted by Gasteiger charge is -2.31. The SMILES string of the molecule is COc1c(C)c(C)c(C(F)C(F)(Br)Br)c(O[SiH3])c1C(C)(C)C. The van der Waals surface area contributed by atoms with E-state index in [9.17, 15) is 8.78 Å². The Morgan fingerprint density at radius 1 is 1.09 bits per heavy atom. The van der Waals surface area contributed by atoms with Gasteiger partial charge in [-0.2, -0.15) is 0 Å². The maximum Gasteiger partial charge on any atom is 0.254 e. The number of rotatable bonds is 4. The fraction of sp³-hybridized carbons (Fsp3) is 0.600. The molecule has 0 aliphatic heterocycles. The van der Waals surface area contributed by atoms with Crippen molar-refractivity contribution in [2.45, 2.75) is 49.7 Å². The van der Waals surface area contributed by atoms with Crippen molar-refractivity contribution >= 4 is 42.3 Å². The summed E-state index contributed by atoms with van der Waals surface area (Å²) in [4.78, 5) is 0. The molecular weight excluding hydrogens is 438 g/mol. The van der Waals surface area contributed by atoms with Crippen molar-refractivity contribution in [2.24, 2.45) is 0 Å². The molecule has 0 radical (unpaired) electrons. The molecule has 22 heavy (non-hydrogen) atoms. The molecule has 0 fully saturated rings. The highest BCUT2D eigenvalue weighted by molar-refractivity contribution is 9.25. The van der Waals surface area contributed by atoms with Crippen molar-refractivity contribution in [1.29, 1.82) is 0 Å². The van der Waals surface area contributed by atoms with Crippen molar-refractivity contribution in [3.63, 3.8) is 0 Å². The van der Waals surface area contributed by atoms with Crippen LogP contribution in [0.2, 0.25) is 0 Å². The number of methoxy groups -OCH3 is 1. The molecule has 2 nitrogen and oxygen atoms in total. The molecule has 1 aromatic rings. The number of alkyl halides is 4. The molecule has 0 spiro atoms. The Hall–Kier alpha value is -0.143. The van der Waals surface area contributed by atoms with Crippen LogP contribution in [0.5, 0.6) is 11.5 Å². The number of benzene rings is 1. The summed E-state index contributed by atoms with van der Waals surface area (Å²) >= 11 is 5.43. The van der Waals surface area contributed by atoms with Gasteiger partial charge in [-0.1, -0.05) is 20.8 Å². The van der Waals surface area contributed by atoms with Crippen LogP contribution in [0.3, 0.4) is 0 Å². The lowest BCUT2D eigenvalue weighted by Crippen LogP contribution is -2.21. The summed E-state index contributed by atoms with van der Waals surface area (Å²) in [6, 6.07) is 0. The van der Waals surface area contributed by atoms with E-state index in [2.05, 4.69) is 31.9 Å². The Kier molecular flexibility index (Phi) is 6.12. The predicted molar refractivity (Wildman–Crippen MR) is 97.3 cm³/mol. The Morgan fingerprint density at radius 3 is 1.91 bits per heavy atom. The first-order valence-corrected chi connectivity index (χ1v) is 9.24. The van der Waals surface area contributed by atoms with E-state index in [1.54, 1.807) is 14.0 Å². The molecule has 7 heteroatoms. The quantitative estimate of drug-likeness (QED) is 0.480. The van der Waals surface area contributed by atoms with Crippen LogP contribution >= 0.6 is 31.9 Å². The van der Waals surface area contributed by atoms with Crippen molar-refractivity contribution in [3.8, 4) is 11.5 Å². The number of hydrogen-bond donors (Lipinski definition) is 0. The summed E-state index contributed by atoms with van der Waals surface area (Å²) in [5.41, 5.74) is 2.06. The zero-order valence-corrected chi connectivity index (χ0v) is 19.1. The van der Waals surface area contributed by atoms with Gasteiger partial charge < -0.3 is 9.16 Å². The van der Waals surface area contributed by atoms with E-state index < -0.39 is 9.66 Å². The largest absolute Gasteiger partial charge is 0.553 e. The standard InChI is InChI=1S/C15H22Br2F2O2Si/c1-7-8(2)11(20-6)10(14(3,4)5)12(21-22)9(7)13(18)15(16,17)19/h13H,1-6,22H3. The van der Waals surface area contributed by atoms with Gasteiger partial charge >= 0.3 is 0 Å². The molecule has 0 aliphatic carbocycles. The zero-order valence-electron chi connectivity index (χ0n) is 13.9. The van der Waals surface area contributed by atoms with Crippen molar-refractivity contribution in [2.75, 3.05) is 7.11 Å². The smallest absolute Gasteiger partial charge is 0.254 e. The van der Waals surface area contributed by atoms with Crippen LogP contribution in [0.15, 0.2) is 0 Å². The maximum absolute atomic E-state index is 14.8. The van der Waals surface area contributed by atoms with Gasteiger partial charge in [-0.15, -0.1) is 0 Å². The van der Waals surface area contributed by atoms with E-state index in [-0.39, 0.29) is 11.0 Å². The molecule has 0 aromatic heterocycles. The van der Waals surface area contributed by atoms with Crippen molar-refractivity contribution < 1.29 is 17.9 Å². The normalized spacial score (nSPS) is 14.1. The molecule has 1 aromatic carbocycles. The minimum atomic E-state index is -2.35. The van der Waals surface area contributed by atoms with Gasteiger partial charge in [0.25, 0.3) is 3.49 Å². The molecule has 0 amide bonds. The van der Waals surface area contributed by atoms with Crippen molar-refractivity contribution in [1.82, 2.24) is 0 Å². The number of ether oxygens (including phenoxy) is 1. The van der Waals surface area contributed by atoms with Crippen molar-refractivity contribution in [3.05, 3.63) is 22.3 Å². The fourth-order valence-corrected chi connectivity index (χ4v) is 3.47. The molecule has 0 bridgehead atoms. The average Bonchev–Trinajstić information content (AvgIpc) is 2.37. The van der Waals surface area contributed by atoms with Crippen LogP contribution in [0.1, 0.15) is 49.2 Å². The van der Waals surface area contributed by atoms with E-state index >= 15 is 0 Å². The summed E-state index contributed by atoms with van der Waals surface area (Å²) in [5.74, 6) is 1.05. The minimum Gasteiger partial charge on any atom is -0.553 e. The molecule has 0 N–H and O–H groups in total. The molecule has 0 saturated heterocycles. The topological polar surface area (TPSA) is 18.5 Å². The highest BCUT2D eigenvalue weighted by Crippen LogP contribution is 2.52. The third kappa shape index (κ3) is 3.67. The summed E-state index contributed by atoms with van der Waals surface area (Å²) < 4.78 is 37.6. The molecule has 0 heterocycles. The Balaban J connectivity index is 3.91. The highest BCUT2D eigenvalue weighted by Gasteiger charge is 2.41. The van der Waals surface area contributed by atoms with Gasteiger partial charge in [0.15, 0.2) is 6.17 Å². The molecule has 1 rings (SSSR count). The van der Waals surface area contributed by atoms with Gasteiger partial charge in [-0.3, -0.25) is 0 Å². The number of halogens is 4. The third-order valence-electron chi connectivity index (χ3n) is 3.70. The molecule has 1 atom stereocenters. The van der Waals surface area contributed by atoms with Crippen LogP contribution < -0.4 is 9.16 Å². The van der Waals surface area contributed by atoms with E-state index in [0.717, 1.165) is 11.1 Å². The van der Waals surface area contributed by atoms with E-state index in [1.807, 2.05) is 27.7 Å². The van der Waals surface area contributed by atoms with Gasteiger partial charge in [0, 0.05) is 11.1 Å². The summed E-state index contributed by atoms with van der Waals surface area (Å²) in [7, 11) is 1.94. The Labute approximate surface area is 150 Å². The molecular formula is C15H22Br2F2O2Si.